The van der Waals surface area contributed by atoms with Gasteiger partial charge in [0.15, 0.2) is 0 Å². The van der Waals surface area contributed by atoms with E-state index in [-0.39, 0.29) is 5.54 Å². The summed E-state index contributed by atoms with van der Waals surface area (Å²) in [5.74, 6) is 0. The third-order valence-electron chi connectivity index (χ3n) is 4.17. The van der Waals surface area contributed by atoms with Gasteiger partial charge in [0.05, 0.1) is 0 Å². The minimum absolute atomic E-state index is 0.0118. The van der Waals surface area contributed by atoms with Gasteiger partial charge in [-0.05, 0) is 37.5 Å². The van der Waals surface area contributed by atoms with Crippen LogP contribution in [0.1, 0.15) is 39.0 Å². The van der Waals surface area contributed by atoms with E-state index in [0.717, 1.165) is 39.1 Å². The van der Waals surface area contributed by atoms with Crippen LogP contribution in [-0.2, 0) is 4.74 Å². The van der Waals surface area contributed by atoms with E-state index in [1.54, 1.807) is 0 Å². The van der Waals surface area contributed by atoms with Gasteiger partial charge in [0, 0.05) is 31.8 Å². The van der Waals surface area contributed by atoms with Crippen molar-refractivity contribution in [3.8, 4) is 0 Å². The first-order chi connectivity index (χ1) is 7.18. The van der Waals surface area contributed by atoms with Gasteiger partial charge in [-0.15, -0.1) is 0 Å². The number of rotatable bonds is 5. The maximum Gasteiger partial charge on any atom is 0.0484 e. The summed E-state index contributed by atoms with van der Waals surface area (Å²) in [5.41, 5.74) is 6.92. The molecule has 0 spiro atoms. The molecule has 1 saturated heterocycles. The minimum atomic E-state index is -0.0118. The van der Waals surface area contributed by atoms with Gasteiger partial charge in [0.1, 0.15) is 0 Å². The average molecular weight is 212 g/mol. The van der Waals surface area contributed by atoms with Gasteiger partial charge in [0.25, 0.3) is 0 Å². The lowest BCUT2D eigenvalue weighted by Gasteiger charge is -2.34. The predicted molar refractivity (Wildman–Crippen MR) is 61.8 cm³/mol. The maximum absolute atomic E-state index is 6.31. The molecule has 0 atom stereocenters. The monoisotopic (exact) mass is 212 g/mol. The molecule has 1 saturated carbocycles. The van der Waals surface area contributed by atoms with Crippen molar-refractivity contribution in [2.24, 2.45) is 11.1 Å². The zero-order valence-corrected chi connectivity index (χ0v) is 9.85. The highest BCUT2D eigenvalue weighted by Crippen LogP contribution is 2.47. The lowest BCUT2D eigenvalue weighted by Crippen LogP contribution is -2.53. The summed E-state index contributed by atoms with van der Waals surface area (Å²) >= 11 is 0. The van der Waals surface area contributed by atoms with Crippen molar-refractivity contribution in [3.63, 3.8) is 0 Å². The Morgan fingerprint density at radius 1 is 1.13 bits per heavy atom. The molecule has 15 heavy (non-hydrogen) atoms. The first kappa shape index (κ1) is 11.4. The van der Waals surface area contributed by atoms with Gasteiger partial charge in [-0.1, -0.05) is 6.92 Å². The molecule has 3 nitrogen and oxygen atoms in total. The molecule has 88 valence electrons. The quantitative estimate of drug-likeness (QED) is 0.721. The SMILES string of the molecule is CCC1(CNCC2(N)CCOCC2)CC1. The van der Waals surface area contributed by atoms with Gasteiger partial charge in [-0.3, -0.25) is 0 Å². The highest BCUT2D eigenvalue weighted by atomic mass is 16.5. The summed E-state index contributed by atoms with van der Waals surface area (Å²) in [6.07, 6.45) is 6.10. The van der Waals surface area contributed by atoms with Crippen LogP contribution in [0.2, 0.25) is 0 Å². The molecule has 3 N–H and O–H groups in total. The van der Waals surface area contributed by atoms with Crippen LogP contribution in [0.15, 0.2) is 0 Å². The fourth-order valence-corrected chi connectivity index (χ4v) is 2.36. The van der Waals surface area contributed by atoms with Gasteiger partial charge < -0.3 is 15.8 Å². The van der Waals surface area contributed by atoms with Crippen LogP contribution in [0, 0.1) is 5.41 Å². The van der Waals surface area contributed by atoms with Gasteiger partial charge >= 0.3 is 0 Å². The van der Waals surface area contributed by atoms with Crippen molar-refractivity contribution in [3.05, 3.63) is 0 Å². The first-order valence-corrected chi connectivity index (χ1v) is 6.26. The maximum atomic E-state index is 6.31. The average Bonchev–Trinajstić information content (AvgIpc) is 3.00. The zero-order chi connectivity index (χ0) is 10.8. The molecule has 1 aliphatic carbocycles. The topological polar surface area (TPSA) is 47.3 Å². The second-order valence-corrected chi connectivity index (χ2v) is 5.43. The van der Waals surface area contributed by atoms with Gasteiger partial charge in [0.2, 0.25) is 0 Å². The van der Waals surface area contributed by atoms with E-state index in [4.69, 9.17) is 10.5 Å². The van der Waals surface area contributed by atoms with Gasteiger partial charge in [-0.2, -0.15) is 0 Å². The van der Waals surface area contributed by atoms with Crippen LogP contribution in [0.25, 0.3) is 0 Å². The van der Waals surface area contributed by atoms with Crippen molar-refractivity contribution >= 4 is 0 Å². The van der Waals surface area contributed by atoms with Crippen molar-refractivity contribution < 1.29 is 4.74 Å². The van der Waals surface area contributed by atoms with Crippen molar-refractivity contribution in [1.82, 2.24) is 5.32 Å². The molecule has 2 rings (SSSR count). The second-order valence-electron chi connectivity index (χ2n) is 5.43. The normalized spacial score (nSPS) is 27.6. The summed E-state index contributed by atoms with van der Waals surface area (Å²) in [6, 6.07) is 0. The van der Waals surface area contributed by atoms with E-state index in [0.29, 0.717) is 5.41 Å². The summed E-state index contributed by atoms with van der Waals surface area (Å²) in [7, 11) is 0. The highest BCUT2D eigenvalue weighted by Gasteiger charge is 2.40. The summed E-state index contributed by atoms with van der Waals surface area (Å²) in [6.45, 7) is 6.07. The van der Waals surface area contributed by atoms with Gasteiger partial charge in [-0.25, -0.2) is 0 Å². The van der Waals surface area contributed by atoms with E-state index >= 15 is 0 Å². The number of ether oxygens (including phenoxy) is 1. The number of nitrogens with one attached hydrogen (secondary N) is 1. The Kier molecular flexibility index (Phi) is 3.33. The molecule has 2 aliphatic rings. The Hall–Kier alpha value is -0.120. The predicted octanol–water partition coefficient (Wildman–Crippen LogP) is 1.27. The van der Waals surface area contributed by atoms with Crippen LogP contribution < -0.4 is 11.1 Å². The molecule has 1 heterocycles. The van der Waals surface area contributed by atoms with Crippen molar-refractivity contribution in [2.75, 3.05) is 26.3 Å². The Balaban J connectivity index is 1.68. The summed E-state index contributed by atoms with van der Waals surface area (Å²) in [5, 5.41) is 3.57. The zero-order valence-electron chi connectivity index (χ0n) is 9.85. The fourth-order valence-electron chi connectivity index (χ4n) is 2.36. The third-order valence-corrected chi connectivity index (χ3v) is 4.17. The largest absolute Gasteiger partial charge is 0.381 e. The lowest BCUT2D eigenvalue weighted by atomic mass is 9.91. The first-order valence-electron chi connectivity index (χ1n) is 6.26. The Labute approximate surface area is 92.7 Å². The molecule has 3 heteroatoms. The van der Waals surface area contributed by atoms with Crippen LogP contribution in [0.5, 0.6) is 0 Å². The Morgan fingerprint density at radius 3 is 2.33 bits per heavy atom. The van der Waals surface area contributed by atoms with E-state index in [9.17, 15) is 0 Å². The molecular weight excluding hydrogens is 188 g/mol. The number of nitrogens with two attached hydrogens (primary N) is 1. The minimum Gasteiger partial charge on any atom is -0.381 e. The van der Waals surface area contributed by atoms with Crippen molar-refractivity contribution in [1.29, 1.82) is 0 Å². The molecule has 0 radical (unpaired) electrons. The molecule has 0 bridgehead atoms. The highest BCUT2D eigenvalue weighted by molar-refractivity contribution is 4.95. The molecule has 0 aromatic heterocycles. The van der Waals surface area contributed by atoms with Crippen LogP contribution in [-0.4, -0.2) is 31.8 Å². The van der Waals surface area contributed by atoms with Crippen LogP contribution >= 0.6 is 0 Å². The summed E-state index contributed by atoms with van der Waals surface area (Å²) < 4.78 is 5.34. The lowest BCUT2D eigenvalue weighted by molar-refractivity contribution is 0.0527. The van der Waals surface area contributed by atoms with E-state index in [1.807, 2.05) is 0 Å². The van der Waals surface area contributed by atoms with Crippen molar-refractivity contribution in [2.45, 2.75) is 44.6 Å². The molecule has 0 unspecified atom stereocenters. The van der Waals surface area contributed by atoms with Crippen LogP contribution in [0.3, 0.4) is 0 Å². The molecule has 0 aromatic carbocycles. The molecular formula is C12H24N2O. The van der Waals surface area contributed by atoms with Crippen LogP contribution in [0.4, 0.5) is 0 Å². The standard InChI is InChI=1S/C12H24N2O/c1-2-11(3-4-11)9-14-10-12(13)5-7-15-8-6-12/h14H,2-10,13H2,1H3. The Morgan fingerprint density at radius 2 is 1.80 bits per heavy atom. The smallest absolute Gasteiger partial charge is 0.0484 e. The molecule has 0 amide bonds. The second kappa shape index (κ2) is 4.40. The van der Waals surface area contributed by atoms with E-state index < -0.39 is 0 Å². The molecule has 2 fully saturated rings. The molecule has 1 aliphatic heterocycles. The number of hydrogen-bond donors (Lipinski definition) is 2. The van der Waals surface area contributed by atoms with E-state index in [1.165, 1.54) is 19.3 Å². The number of hydrogen-bond acceptors (Lipinski definition) is 3. The third kappa shape index (κ3) is 2.92. The Bertz CT molecular complexity index is 208. The molecule has 0 aromatic rings. The summed E-state index contributed by atoms with van der Waals surface area (Å²) in [4.78, 5) is 0. The fraction of sp³-hybridized carbons (Fsp3) is 1.00. The van der Waals surface area contributed by atoms with E-state index in [2.05, 4.69) is 12.2 Å².